The molecule has 0 saturated carbocycles. The van der Waals surface area contributed by atoms with Gasteiger partial charge in [0, 0.05) is 8.07 Å². The second-order valence-corrected chi connectivity index (χ2v) is 16.8. The van der Waals surface area contributed by atoms with Crippen LogP contribution in [0.2, 0.25) is 19.6 Å². The first-order valence-corrected chi connectivity index (χ1v) is 14.7. The van der Waals surface area contributed by atoms with E-state index in [-0.39, 0.29) is 61.8 Å². The second kappa shape index (κ2) is 11.9. The van der Waals surface area contributed by atoms with Crippen molar-refractivity contribution in [3.05, 3.63) is 82.9 Å². The zero-order chi connectivity index (χ0) is 22.3. The monoisotopic (exact) mass is 574 g/mol. The van der Waals surface area contributed by atoms with Crippen LogP contribution in [0.1, 0.15) is 63.8 Å². The van der Waals surface area contributed by atoms with Crippen molar-refractivity contribution >= 4 is 13.3 Å². The summed E-state index contributed by atoms with van der Waals surface area (Å²) < 4.78 is 0. The molecular weight excluding hydrogens is 539 g/mol. The molecule has 0 N–H and O–H groups in total. The summed E-state index contributed by atoms with van der Waals surface area (Å²) in [4.78, 5) is 0. The molecule has 0 aliphatic heterocycles. The third-order valence-electron chi connectivity index (χ3n) is 5.99. The Kier molecular flexibility index (Phi) is 11.7. The van der Waals surface area contributed by atoms with Gasteiger partial charge in [0.1, 0.15) is 0 Å². The molecule has 0 amide bonds. The molecule has 3 aromatic rings. The van der Waals surface area contributed by atoms with Crippen LogP contribution in [0.15, 0.2) is 54.6 Å². The molecule has 0 atom stereocenters. The molecule has 0 heterocycles. The summed E-state index contributed by atoms with van der Waals surface area (Å²) in [6.45, 7) is 20.7. The standard InChI is InChI=1S/C21H25.C8H13Si.2ClH.Zr/c1-20(2,3)16-7-9-18-14(12-16)11-15-13-17(21(4,5)6)8-10-19(15)18;1-9(2,3)8-6-4-5-7-8;;;/h7-10,12H,11H2,1-6H3;4-7H,1-3H3;2*1H;/q2*-1;;;+4/p-2. The molecule has 0 saturated heterocycles. The molecule has 0 fully saturated rings. The number of hydrogen-bond donors (Lipinski definition) is 0. The van der Waals surface area contributed by atoms with E-state index >= 15 is 0 Å². The van der Waals surface area contributed by atoms with Gasteiger partial charge >= 0.3 is 26.2 Å². The van der Waals surface area contributed by atoms with Crippen molar-refractivity contribution in [2.24, 2.45) is 0 Å². The van der Waals surface area contributed by atoms with E-state index in [9.17, 15) is 0 Å². The third-order valence-corrected chi connectivity index (χ3v) is 8.06. The Morgan fingerprint density at radius 3 is 1.88 bits per heavy atom. The molecule has 0 bridgehead atoms. The summed E-state index contributed by atoms with van der Waals surface area (Å²) in [5.41, 5.74) is 8.70. The molecule has 176 valence electrons. The number of rotatable bonds is 1. The quantitative estimate of drug-likeness (QED) is 0.239. The average Bonchev–Trinajstić information content (AvgIpc) is 3.27. The van der Waals surface area contributed by atoms with Crippen molar-refractivity contribution in [1.29, 1.82) is 0 Å². The molecule has 33 heavy (non-hydrogen) atoms. The SMILES string of the molecule is CC(C)(C)c1[c-]c2c(cc1)-c1ccc(C(C)(C)C)cc1C2.C[Si](C)(C)c1cc[cH-]c1.[Cl-].[Cl-].[Zr+4]. The number of halogens is 2. The van der Waals surface area contributed by atoms with Crippen molar-refractivity contribution in [3.63, 3.8) is 0 Å². The minimum Gasteiger partial charge on any atom is -1.00 e. The van der Waals surface area contributed by atoms with E-state index in [1.165, 1.54) is 33.4 Å². The maximum absolute atomic E-state index is 3.67. The minimum atomic E-state index is -0.981. The summed E-state index contributed by atoms with van der Waals surface area (Å²) in [7, 11) is -0.981. The summed E-state index contributed by atoms with van der Waals surface area (Å²) in [5, 5.41) is 1.56. The van der Waals surface area contributed by atoms with E-state index in [2.05, 4.69) is 122 Å². The summed E-state index contributed by atoms with van der Waals surface area (Å²) in [6.07, 6.45) is 1.03. The van der Waals surface area contributed by atoms with Gasteiger partial charge in [-0.3, -0.25) is 0 Å². The van der Waals surface area contributed by atoms with Crippen LogP contribution in [0.4, 0.5) is 0 Å². The zero-order valence-corrected chi connectivity index (χ0v) is 26.6. The number of fused-ring (bicyclic) bond motifs is 3. The van der Waals surface area contributed by atoms with E-state index in [0.717, 1.165) is 6.42 Å². The van der Waals surface area contributed by atoms with Crippen LogP contribution >= 0.6 is 0 Å². The second-order valence-electron chi connectivity index (χ2n) is 11.7. The van der Waals surface area contributed by atoms with Crippen LogP contribution in [-0.2, 0) is 43.5 Å². The zero-order valence-electron chi connectivity index (χ0n) is 21.7. The van der Waals surface area contributed by atoms with Crippen LogP contribution in [0.25, 0.3) is 11.1 Å². The fraction of sp³-hybridized carbons (Fsp3) is 0.414. The predicted molar refractivity (Wildman–Crippen MR) is 136 cm³/mol. The smallest absolute Gasteiger partial charge is 1.00 e. The normalized spacial score (nSPS) is 12.2. The van der Waals surface area contributed by atoms with Gasteiger partial charge < -0.3 is 24.8 Å². The van der Waals surface area contributed by atoms with Gasteiger partial charge in [-0.2, -0.15) is 42.0 Å². The first-order chi connectivity index (χ1) is 13.8. The number of benzene rings is 2. The van der Waals surface area contributed by atoms with E-state index in [1.54, 1.807) is 5.19 Å². The van der Waals surface area contributed by atoms with E-state index in [0.29, 0.717) is 0 Å². The fourth-order valence-electron chi connectivity index (χ4n) is 3.90. The first kappa shape index (κ1) is 32.5. The molecule has 3 aromatic carbocycles. The van der Waals surface area contributed by atoms with Crippen molar-refractivity contribution in [2.45, 2.75) is 78.4 Å². The van der Waals surface area contributed by atoms with Gasteiger partial charge in [-0.15, -0.1) is 11.1 Å². The Morgan fingerprint density at radius 1 is 0.818 bits per heavy atom. The molecule has 1 aliphatic rings. The van der Waals surface area contributed by atoms with Gasteiger partial charge in [-0.1, -0.05) is 84.9 Å². The maximum atomic E-state index is 3.67. The third kappa shape index (κ3) is 7.99. The molecular formula is C29H38Cl2SiZr. The summed E-state index contributed by atoms with van der Waals surface area (Å²) >= 11 is 0. The molecule has 0 unspecified atom stereocenters. The van der Waals surface area contributed by atoms with Crippen LogP contribution in [0, 0.1) is 6.07 Å². The summed E-state index contributed by atoms with van der Waals surface area (Å²) in [6, 6.07) is 23.9. The molecule has 0 nitrogen and oxygen atoms in total. The fourth-order valence-corrected chi connectivity index (χ4v) is 5.09. The van der Waals surface area contributed by atoms with Gasteiger partial charge in [-0.05, 0) is 28.4 Å². The molecule has 0 aromatic heterocycles. The Balaban J connectivity index is 0.000000733. The van der Waals surface area contributed by atoms with Crippen molar-refractivity contribution in [1.82, 2.24) is 0 Å². The van der Waals surface area contributed by atoms with Crippen molar-refractivity contribution < 1.29 is 51.0 Å². The van der Waals surface area contributed by atoms with Gasteiger partial charge in [0.05, 0.1) is 0 Å². The van der Waals surface area contributed by atoms with Crippen LogP contribution in [-0.4, -0.2) is 8.07 Å². The Hall–Kier alpha value is -0.530. The summed E-state index contributed by atoms with van der Waals surface area (Å²) in [5.74, 6) is 0. The van der Waals surface area contributed by atoms with Crippen LogP contribution in [0.5, 0.6) is 0 Å². The van der Waals surface area contributed by atoms with Crippen molar-refractivity contribution in [2.75, 3.05) is 0 Å². The van der Waals surface area contributed by atoms with Gasteiger partial charge in [-0.25, -0.2) is 11.3 Å². The van der Waals surface area contributed by atoms with E-state index < -0.39 is 8.07 Å². The molecule has 4 rings (SSSR count). The van der Waals surface area contributed by atoms with Gasteiger partial charge in [0.2, 0.25) is 0 Å². The average molecular weight is 577 g/mol. The van der Waals surface area contributed by atoms with E-state index in [4.69, 9.17) is 0 Å². The molecule has 0 radical (unpaired) electrons. The molecule has 4 heteroatoms. The topological polar surface area (TPSA) is 0 Å². The van der Waals surface area contributed by atoms with Gasteiger partial charge in [0.25, 0.3) is 0 Å². The molecule has 1 aliphatic carbocycles. The van der Waals surface area contributed by atoms with E-state index in [1.807, 2.05) is 0 Å². The van der Waals surface area contributed by atoms with Crippen LogP contribution in [0.3, 0.4) is 0 Å². The van der Waals surface area contributed by atoms with Gasteiger partial charge in [0.15, 0.2) is 0 Å². The molecule has 0 spiro atoms. The van der Waals surface area contributed by atoms with Crippen molar-refractivity contribution in [3.8, 4) is 11.1 Å². The Morgan fingerprint density at radius 2 is 1.42 bits per heavy atom. The maximum Gasteiger partial charge on any atom is 4.00 e. The predicted octanol–water partition coefficient (Wildman–Crippen LogP) is 1.61. The first-order valence-electron chi connectivity index (χ1n) is 11.2. The largest absolute Gasteiger partial charge is 4.00 e. The minimum absolute atomic E-state index is 0. The number of hydrogen-bond acceptors (Lipinski definition) is 0. The Labute approximate surface area is 235 Å². The Bertz CT molecular complexity index is 956. The van der Waals surface area contributed by atoms with Crippen LogP contribution < -0.4 is 30.0 Å².